The van der Waals surface area contributed by atoms with Crippen LogP contribution in [0.5, 0.6) is 0 Å². The number of amides is 1. The Morgan fingerprint density at radius 2 is 2.09 bits per heavy atom. The van der Waals surface area contributed by atoms with Crippen LogP contribution in [0.4, 0.5) is 13.2 Å². The van der Waals surface area contributed by atoms with Crippen molar-refractivity contribution in [1.82, 2.24) is 15.0 Å². The molecule has 1 unspecified atom stereocenters. The highest BCUT2D eigenvalue weighted by atomic mass is 19.4. The summed E-state index contributed by atoms with van der Waals surface area (Å²) >= 11 is 0. The molecule has 0 bridgehead atoms. The van der Waals surface area contributed by atoms with Gasteiger partial charge < -0.3 is 0 Å². The number of Topliss-reactive ketones (excluding diaryl/α,β-unsaturated/α-hetero) is 1. The number of ketones is 1. The van der Waals surface area contributed by atoms with Crippen molar-refractivity contribution in [1.29, 1.82) is 0 Å². The Morgan fingerprint density at radius 1 is 1.35 bits per heavy atom. The van der Waals surface area contributed by atoms with E-state index in [4.69, 9.17) is 0 Å². The molecule has 3 heterocycles. The molecule has 0 saturated heterocycles. The van der Waals surface area contributed by atoms with E-state index in [2.05, 4.69) is 15.1 Å². The van der Waals surface area contributed by atoms with E-state index in [1.165, 1.54) is 25.4 Å². The fourth-order valence-corrected chi connectivity index (χ4v) is 2.25. The van der Waals surface area contributed by atoms with Crippen molar-refractivity contribution in [3.05, 3.63) is 35.7 Å². The fraction of sp³-hybridized carbons (Fsp3) is 0.214. The number of hydrazone groups is 1. The predicted octanol–water partition coefficient (Wildman–Crippen LogP) is 1.91. The number of hydrogen-bond donors (Lipinski definition) is 0. The van der Waals surface area contributed by atoms with Crippen molar-refractivity contribution in [2.75, 3.05) is 7.05 Å². The molecule has 1 atom stereocenters. The van der Waals surface area contributed by atoms with E-state index in [9.17, 15) is 22.8 Å². The number of carbonyl (C=O) groups is 2. The third-order valence-corrected chi connectivity index (χ3v) is 3.38. The van der Waals surface area contributed by atoms with Crippen molar-refractivity contribution in [3.63, 3.8) is 0 Å². The largest absolute Gasteiger partial charge is 0.434 e. The molecular weight excluding hydrogens is 313 g/mol. The van der Waals surface area contributed by atoms with Gasteiger partial charge in [-0.2, -0.15) is 18.3 Å². The zero-order valence-electron chi connectivity index (χ0n) is 11.7. The molecule has 0 spiro atoms. The predicted molar refractivity (Wildman–Crippen MR) is 73.6 cm³/mol. The van der Waals surface area contributed by atoms with Crippen molar-refractivity contribution in [3.8, 4) is 0 Å². The van der Waals surface area contributed by atoms with Gasteiger partial charge in [-0.05, 0) is 18.2 Å². The lowest BCUT2D eigenvalue weighted by molar-refractivity contribution is -0.141. The number of pyridine rings is 2. The third kappa shape index (κ3) is 2.54. The Morgan fingerprint density at radius 3 is 2.70 bits per heavy atom. The van der Waals surface area contributed by atoms with Gasteiger partial charge >= 0.3 is 6.18 Å². The second kappa shape index (κ2) is 5.11. The van der Waals surface area contributed by atoms with E-state index in [0.717, 1.165) is 17.3 Å². The van der Waals surface area contributed by atoms with Gasteiger partial charge in [0.1, 0.15) is 5.92 Å². The van der Waals surface area contributed by atoms with Crippen LogP contribution in [-0.2, 0) is 11.0 Å². The molecule has 6 nitrogen and oxygen atoms in total. The van der Waals surface area contributed by atoms with Gasteiger partial charge in [0.15, 0.2) is 17.1 Å². The summed E-state index contributed by atoms with van der Waals surface area (Å²) in [6.07, 6.45) is -2.52. The van der Waals surface area contributed by atoms with Gasteiger partial charge in [-0.3, -0.25) is 9.59 Å². The Kier molecular flexibility index (Phi) is 3.35. The number of fused-ring (bicyclic) bond motifs is 1. The summed E-state index contributed by atoms with van der Waals surface area (Å²) in [5.74, 6) is -3.06. The number of rotatable bonds is 2. The monoisotopic (exact) mass is 322 g/mol. The maximum absolute atomic E-state index is 13.2. The second-order valence-corrected chi connectivity index (χ2v) is 4.90. The molecule has 1 aliphatic heterocycles. The van der Waals surface area contributed by atoms with Crippen molar-refractivity contribution in [2.24, 2.45) is 11.0 Å². The molecule has 3 rings (SSSR count). The van der Waals surface area contributed by atoms with Crippen LogP contribution in [0.1, 0.15) is 16.1 Å². The quantitative estimate of drug-likeness (QED) is 0.625. The van der Waals surface area contributed by atoms with Crippen LogP contribution in [0.25, 0.3) is 11.0 Å². The SMILES string of the molecule is CN1N=CC(C(=O)c2cc3cccnc3nc2C(F)(F)F)C1=O. The number of aromatic nitrogens is 2. The summed E-state index contributed by atoms with van der Waals surface area (Å²) in [5.41, 5.74) is -2.15. The minimum atomic E-state index is -4.85. The van der Waals surface area contributed by atoms with E-state index in [1.54, 1.807) is 0 Å². The lowest BCUT2D eigenvalue weighted by Gasteiger charge is -2.14. The molecule has 2 aromatic heterocycles. The Hall–Kier alpha value is -2.84. The van der Waals surface area contributed by atoms with Gasteiger partial charge in [-0.15, -0.1) is 0 Å². The first-order chi connectivity index (χ1) is 10.8. The summed E-state index contributed by atoms with van der Waals surface area (Å²) in [5, 5.41) is 4.81. The van der Waals surface area contributed by atoms with Gasteiger partial charge in [-0.25, -0.2) is 15.0 Å². The average molecular weight is 322 g/mol. The molecular formula is C14H9F3N4O2. The topological polar surface area (TPSA) is 75.5 Å². The van der Waals surface area contributed by atoms with Gasteiger partial charge in [0.25, 0.3) is 5.91 Å². The van der Waals surface area contributed by atoms with Crippen LogP contribution in [0.3, 0.4) is 0 Å². The van der Waals surface area contributed by atoms with Crippen LogP contribution < -0.4 is 0 Å². The van der Waals surface area contributed by atoms with Crippen molar-refractivity contribution in [2.45, 2.75) is 6.18 Å². The van der Waals surface area contributed by atoms with Gasteiger partial charge in [0, 0.05) is 24.8 Å². The summed E-state index contributed by atoms with van der Waals surface area (Å²) < 4.78 is 39.7. The molecule has 0 N–H and O–H groups in total. The lowest BCUT2D eigenvalue weighted by Crippen LogP contribution is -2.30. The van der Waals surface area contributed by atoms with Gasteiger partial charge in [0.2, 0.25) is 0 Å². The number of nitrogens with zero attached hydrogens (tertiary/aromatic N) is 4. The molecule has 9 heteroatoms. The number of halogens is 3. The molecule has 1 amide bonds. The van der Waals surface area contributed by atoms with Crippen molar-refractivity contribution < 1.29 is 22.8 Å². The second-order valence-electron chi connectivity index (χ2n) is 4.90. The Bertz CT molecular complexity index is 848. The van der Waals surface area contributed by atoms with Crippen LogP contribution >= 0.6 is 0 Å². The Labute approximate surface area is 127 Å². The fourth-order valence-electron chi connectivity index (χ4n) is 2.25. The summed E-state index contributed by atoms with van der Waals surface area (Å²) in [7, 11) is 1.32. The molecule has 0 aromatic carbocycles. The molecule has 0 aliphatic carbocycles. The van der Waals surface area contributed by atoms with E-state index >= 15 is 0 Å². The summed E-state index contributed by atoms with van der Waals surface area (Å²) in [6, 6.07) is 4.06. The number of carbonyl (C=O) groups excluding carboxylic acids is 2. The molecule has 23 heavy (non-hydrogen) atoms. The van der Waals surface area contributed by atoms with Crippen LogP contribution in [-0.4, -0.2) is 39.9 Å². The zero-order valence-corrected chi connectivity index (χ0v) is 11.7. The van der Waals surface area contributed by atoms with E-state index in [0.29, 0.717) is 0 Å². The smallest absolute Gasteiger partial charge is 0.293 e. The highest BCUT2D eigenvalue weighted by Gasteiger charge is 2.41. The maximum Gasteiger partial charge on any atom is 0.434 e. The van der Waals surface area contributed by atoms with E-state index < -0.39 is 35.0 Å². The molecule has 1 aliphatic rings. The minimum Gasteiger partial charge on any atom is -0.293 e. The molecule has 0 radical (unpaired) electrons. The molecule has 0 saturated carbocycles. The average Bonchev–Trinajstić information content (AvgIpc) is 2.84. The molecule has 2 aromatic rings. The first kappa shape index (κ1) is 15.1. The lowest BCUT2D eigenvalue weighted by atomic mass is 9.96. The molecule has 0 fully saturated rings. The van der Waals surface area contributed by atoms with Crippen LogP contribution in [0.2, 0.25) is 0 Å². The normalized spacial score (nSPS) is 18.0. The van der Waals surface area contributed by atoms with Gasteiger partial charge in [-0.1, -0.05) is 0 Å². The van der Waals surface area contributed by atoms with E-state index in [1.807, 2.05) is 0 Å². The zero-order chi connectivity index (χ0) is 16.8. The summed E-state index contributed by atoms with van der Waals surface area (Å²) in [6.45, 7) is 0. The van der Waals surface area contributed by atoms with Crippen LogP contribution in [0.15, 0.2) is 29.5 Å². The number of hydrogen-bond acceptors (Lipinski definition) is 5. The Balaban J connectivity index is 2.17. The van der Waals surface area contributed by atoms with E-state index in [-0.39, 0.29) is 11.0 Å². The van der Waals surface area contributed by atoms with Crippen molar-refractivity contribution >= 4 is 28.9 Å². The number of alkyl halides is 3. The highest BCUT2D eigenvalue weighted by Crippen LogP contribution is 2.33. The van der Waals surface area contributed by atoms with Gasteiger partial charge in [0.05, 0.1) is 5.56 Å². The summed E-state index contributed by atoms with van der Waals surface area (Å²) in [4.78, 5) is 31.4. The first-order valence-electron chi connectivity index (χ1n) is 6.48. The highest BCUT2D eigenvalue weighted by molar-refractivity contribution is 6.22. The maximum atomic E-state index is 13.2. The standard InChI is InChI=1S/C14H9F3N4O2/c1-21-13(23)9(6-19-21)10(22)8-5-7-3-2-4-18-12(7)20-11(8)14(15,16)17/h2-6,9H,1H3. The third-order valence-electron chi connectivity index (χ3n) is 3.38. The molecule has 118 valence electrons. The first-order valence-corrected chi connectivity index (χ1v) is 6.48. The van der Waals surface area contributed by atoms with Crippen LogP contribution in [0, 0.1) is 5.92 Å². The minimum absolute atomic E-state index is 0.125.